The number of methoxy groups -OCH3 is 1. The number of ether oxygens (including phenoxy) is 1. The van der Waals surface area contributed by atoms with E-state index in [-0.39, 0.29) is 12.2 Å². The minimum absolute atomic E-state index is 0.140. The first-order valence-electron chi connectivity index (χ1n) is 6.14. The maximum absolute atomic E-state index is 11.7. The lowest BCUT2D eigenvalue weighted by Crippen LogP contribution is -2.27. The van der Waals surface area contributed by atoms with Gasteiger partial charge < -0.3 is 10.1 Å². The molecule has 116 valence electrons. The van der Waals surface area contributed by atoms with Crippen molar-refractivity contribution in [2.75, 3.05) is 32.3 Å². The number of carbonyl (C=O) groups excluding carboxylic acids is 2. The van der Waals surface area contributed by atoms with Crippen LogP contribution in [0.5, 0.6) is 0 Å². The molecule has 1 aromatic carbocycles. The summed E-state index contributed by atoms with van der Waals surface area (Å²) in [7, 11) is 0.716. The molecule has 0 unspecified atom stereocenters. The van der Waals surface area contributed by atoms with E-state index in [0.717, 1.165) is 4.31 Å². The van der Waals surface area contributed by atoms with E-state index in [2.05, 4.69) is 10.1 Å². The number of nitrogens with one attached hydrogen (secondary N) is 1. The predicted molar refractivity (Wildman–Crippen MR) is 78.5 cm³/mol. The molecule has 1 amide bonds. The van der Waals surface area contributed by atoms with Crippen LogP contribution >= 0.6 is 0 Å². The van der Waals surface area contributed by atoms with Crippen LogP contribution in [0.4, 0.5) is 5.69 Å². The van der Waals surface area contributed by atoms with Gasteiger partial charge in [0.1, 0.15) is 0 Å². The van der Waals surface area contributed by atoms with Crippen LogP contribution in [0.3, 0.4) is 0 Å². The lowest BCUT2D eigenvalue weighted by Gasteiger charge is -2.11. The second kappa shape index (κ2) is 7.19. The highest BCUT2D eigenvalue weighted by atomic mass is 32.2. The van der Waals surface area contributed by atoms with Crippen molar-refractivity contribution < 1.29 is 22.7 Å². The average molecular weight is 314 g/mol. The molecule has 0 aliphatic rings. The summed E-state index contributed by atoms with van der Waals surface area (Å²) < 4.78 is 28.7. The van der Waals surface area contributed by atoms with E-state index in [1.54, 1.807) is 12.1 Å². The predicted octanol–water partition coefficient (Wildman–Crippen LogP) is 0.693. The fraction of sp³-hybridized carbons (Fsp3) is 0.385. The van der Waals surface area contributed by atoms with Gasteiger partial charge in [-0.05, 0) is 24.3 Å². The molecule has 0 saturated heterocycles. The number of nitrogens with zero attached hydrogens (tertiary/aromatic N) is 1. The van der Waals surface area contributed by atoms with Crippen LogP contribution < -0.4 is 5.32 Å². The lowest BCUT2D eigenvalue weighted by atomic mass is 10.2. The van der Waals surface area contributed by atoms with Gasteiger partial charge >= 0.3 is 5.97 Å². The highest BCUT2D eigenvalue weighted by molar-refractivity contribution is 7.89. The van der Waals surface area contributed by atoms with E-state index < -0.39 is 21.9 Å². The molecule has 0 aliphatic heterocycles. The Morgan fingerprint density at radius 3 is 2.24 bits per heavy atom. The van der Waals surface area contributed by atoms with Crippen LogP contribution in [-0.2, 0) is 19.6 Å². The van der Waals surface area contributed by atoms with Crippen molar-refractivity contribution in [2.45, 2.75) is 6.42 Å². The van der Waals surface area contributed by atoms with E-state index in [9.17, 15) is 18.0 Å². The van der Waals surface area contributed by atoms with E-state index in [1.807, 2.05) is 0 Å². The number of rotatable bonds is 6. The largest absolute Gasteiger partial charge is 0.465 e. The van der Waals surface area contributed by atoms with Crippen LogP contribution in [0.2, 0.25) is 0 Å². The van der Waals surface area contributed by atoms with Crippen LogP contribution in [0, 0.1) is 0 Å². The summed E-state index contributed by atoms with van der Waals surface area (Å²) in [5.74, 6) is -1.14. The monoisotopic (exact) mass is 314 g/mol. The number of hydrogen-bond acceptors (Lipinski definition) is 5. The standard InChI is InChI=1S/C13H18N2O5S/c1-15(2)21(18,19)9-8-12(16)14-11-6-4-10(5-7-11)13(17)20-3/h4-7H,8-9H2,1-3H3,(H,14,16). The summed E-state index contributed by atoms with van der Waals surface area (Å²) in [6.45, 7) is 0. The minimum atomic E-state index is -3.40. The van der Waals surface area contributed by atoms with Gasteiger partial charge in [-0.3, -0.25) is 4.79 Å². The van der Waals surface area contributed by atoms with Gasteiger partial charge in [0.25, 0.3) is 0 Å². The molecule has 21 heavy (non-hydrogen) atoms. The zero-order valence-corrected chi connectivity index (χ0v) is 12.9. The molecule has 0 heterocycles. The molecule has 1 aromatic rings. The highest BCUT2D eigenvalue weighted by Crippen LogP contribution is 2.11. The first-order chi connectivity index (χ1) is 9.76. The van der Waals surface area contributed by atoms with Crippen molar-refractivity contribution in [3.8, 4) is 0 Å². The van der Waals surface area contributed by atoms with E-state index >= 15 is 0 Å². The summed E-state index contributed by atoms with van der Waals surface area (Å²) in [5.41, 5.74) is 0.848. The Morgan fingerprint density at radius 2 is 1.76 bits per heavy atom. The Kier molecular flexibility index (Phi) is 5.86. The molecule has 0 aliphatic carbocycles. The summed E-state index contributed by atoms with van der Waals surface area (Å²) >= 11 is 0. The molecule has 7 nitrogen and oxygen atoms in total. The molecular weight excluding hydrogens is 296 g/mol. The fourth-order valence-corrected chi connectivity index (χ4v) is 2.24. The Labute approximate surface area is 123 Å². The Morgan fingerprint density at radius 1 is 1.19 bits per heavy atom. The molecule has 0 radical (unpaired) electrons. The molecule has 0 atom stereocenters. The first kappa shape index (κ1) is 17.1. The van der Waals surface area contributed by atoms with Gasteiger partial charge in [0, 0.05) is 26.2 Å². The maximum atomic E-state index is 11.7. The third kappa shape index (κ3) is 5.16. The number of benzene rings is 1. The quantitative estimate of drug-likeness (QED) is 0.780. The number of hydrogen-bond donors (Lipinski definition) is 1. The van der Waals surface area contributed by atoms with Gasteiger partial charge in [-0.1, -0.05) is 0 Å². The third-order valence-corrected chi connectivity index (χ3v) is 4.57. The molecule has 0 bridgehead atoms. The van der Waals surface area contributed by atoms with Crippen LogP contribution in [-0.4, -0.2) is 51.6 Å². The Bertz CT molecular complexity index is 608. The first-order valence-corrected chi connectivity index (χ1v) is 7.75. The molecular formula is C13H18N2O5S. The van der Waals surface area contributed by atoms with E-state index in [4.69, 9.17) is 0 Å². The van der Waals surface area contributed by atoms with Gasteiger partial charge in [0.2, 0.25) is 15.9 Å². The van der Waals surface area contributed by atoms with E-state index in [0.29, 0.717) is 11.3 Å². The molecule has 8 heteroatoms. The molecule has 0 fully saturated rings. The second-order valence-corrected chi connectivity index (χ2v) is 6.77. The summed E-state index contributed by atoms with van der Waals surface area (Å²) in [6, 6.07) is 6.12. The molecule has 1 N–H and O–H groups in total. The Balaban J connectivity index is 2.58. The van der Waals surface area contributed by atoms with Crippen molar-refractivity contribution >= 4 is 27.6 Å². The van der Waals surface area contributed by atoms with Crippen molar-refractivity contribution in [3.05, 3.63) is 29.8 Å². The van der Waals surface area contributed by atoms with Gasteiger partial charge in [-0.2, -0.15) is 0 Å². The maximum Gasteiger partial charge on any atom is 0.337 e. The highest BCUT2D eigenvalue weighted by Gasteiger charge is 2.16. The third-order valence-electron chi connectivity index (χ3n) is 2.73. The summed E-state index contributed by atoms with van der Waals surface area (Å²) in [6.07, 6.45) is -0.140. The van der Waals surface area contributed by atoms with Crippen LogP contribution in [0.1, 0.15) is 16.8 Å². The zero-order chi connectivity index (χ0) is 16.0. The van der Waals surface area contributed by atoms with Crippen molar-refractivity contribution in [1.29, 1.82) is 0 Å². The summed E-state index contributed by atoms with van der Waals surface area (Å²) in [5, 5.41) is 2.56. The Hall–Kier alpha value is -1.93. The topological polar surface area (TPSA) is 92.8 Å². The normalized spacial score (nSPS) is 11.2. The van der Waals surface area contributed by atoms with E-state index in [1.165, 1.54) is 33.3 Å². The van der Waals surface area contributed by atoms with Crippen molar-refractivity contribution in [2.24, 2.45) is 0 Å². The number of anilines is 1. The molecule has 1 rings (SSSR count). The number of carbonyl (C=O) groups is 2. The van der Waals surface area contributed by atoms with Gasteiger partial charge in [0.05, 0.1) is 18.4 Å². The lowest BCUT2D eigenvalue weighted by molar-refractivity contribution is -0.115. The molecule has 0 aromatic heterocycles. The minimum Gasteiger partial charge on any atom is -0.465 e. The smallest absolute Gasteiger partial charge is 0.337 e. The summed E-state index contributed by atoms with van der Waals surface area (Å²) in [4.78, 5) is 22.9. The van der Waals surface area contributed by atoms with Gasteiger partial charge in [0.15, 0.2) is 0 Å². The van der Waals surface area contributed by atoms with Crippen molar-refractivity contribution in [3.63, 3.8) is 0 Å². The fourth-order valence-electron chi connectivity index (χ4n) is 1.44. The van der Waals surface area contributed by atoms with Gasteiger partial charge in [-0.25, -0.2) is 17.5 Å². The number of sulfonamides is 1. The van der Waals surface area contributed by atoms with Crippen LogP contribution in [0.15, 0.2) is 24.3 Å². The number of esters is 1. The number of amides is 1. The molecule has 0 saturated carbocycles. The SMILES string of the molecule is COC(=O)c1ccc(NC(=O)CCS(=O)(=O)N(C)C)cc1. The van der Waals surface area contributed by atoms with Gasteiger partial charge in [-0.15, -0.1) is 0 Å². The van der Waals surface area contributed by atoms with Crippen LogP contribution in [0.25, 0.3) is 0 Å². The van der Waals surface area contributed by atoms with Crippen molar-refractivity contribution in [1.82, 2.24) is 4.31 Å². The zero-order valence-electron chi connectivity index (χ0n) is 12.1. The molecule has 0 spiro atoms. The average Bonchev–Trinajstić information content (AvgIpc) is 2.45. The second-order valence-electron chi connectivity index (χ2n) is 4.47.